The molecule has 3 aliphatic rings. The fourth-order valence-electron chi connectivity index (χ4n) is 4.62. The van der Waals surface area contributed by atoms with Crippen molar-refractivity contribution >= 4 is 42.6 Å². The van der Waals surface area contributed by atoms with E-state index in [-0.39, 0.29) is 0 Å². The average molecular weight is 335 g/mol. The molecule has 4 heteroatoms. The van der Waals surface area contributed by atoms with Crippen molar-refractivity contribution in [1.82, 2.24) is 4.98 Å². The van der Waals surface area contributed by atoms with Gasteiger partial charge >= 0.3 is 0 Å². The van der Waals surface area contributed by atoms with E-state index >= 15 is 0 Å². The summed E-state index contributed by atoms with van der Waals surface area (Å²) >= 11 is 5.32. The Kier molecular flexibility index (Phi) is 2.18. The first kappa shape index (κ1) is 11.1. The Balaban J connectivity index is 1.41. The average Bonchev–Trinajstić information content (AvgIpc) is 2.79. The van der Waals surface area contributed by atoms with Crippen LogP contribution in [0.25, 0.3) is 10.2 Å². The Bertz CT molecular complexity index is 651. The highest BCUT2D eigenvalue weighted by molar-refractivity contribution is 9.10. The Hall–Kier alpha value is -0.610. The second-order valence-corrected chi connectivity index (χ2v) is 8.24. The molecular formula is C15H15BrN2S. The summed E-state index contributed by atoms with van der Waals surface area (Å²) in [6.07, 6.45) is 4.48. The number of hydrogen-bond acceptors (Lipinski definition) is 3. The number of rotatable bonds is 2. The minimum absolute atomic E-state index is 0.732. The van der Waals surface area contributed by atoms with Crippen molar-refractivity contribution in [3.63, 3.8) is 0 Å². The maximum Gasteiger partial charge on any atom is 0.184 e. The molecule has 0 radical (unpaired) electrons. The van der Waals surface area contributed by atoms with Crippen LogP contribution in [0.4, 0.5) is 5.13 Å². The summed E-state index contributed by atoms with van der Waals surface area (Å²) in [4.78, 5) is 4.72. The smallest absolute Gasteiger partial charge is 0.184 e. The Labute approximate surface area is 124 Å². The van der Waals surface area contributed by atoms with E-state index < -0.39 is 0 Å². The van der Waals surface area contributed by atoms with E-state index in [1.165, 1.54) is 24.0 Å². The summed E-state index contributed by atoms with van der Waals surface area (Å²) in [6, 6.07) is 7.06. The second kappa shape index (κ2) is 3.73. The molecule has 0 spiro atoms. The van der Waals surface area contributed by atoms with Gasteiger partial charge in [-0.25, -0.2) is 4.98 Å². The molecule has 3 saturated carbocycles. The monoisotopic (exact) mass is 334 g/mol. The number of anilines is 1. The van der Waals surface area contributed by atoms with E-state index in [9.17, 15) is 0 Å². The zero-order chi connectivity index (χ0) is 12.6. The summed E-state index contributed by atoms with van der Waals surface area (Å²) in [5, 5.41) is 4.84. The van der Waals surface area contributed by atoms with E-state index in [0.717, 1.165) is 44.8 Å². The maximum atomic E-state index is 4.72. The van der Waals surface area contributed by atoms with Gasteiger partial charge in [-0.3, -0.25) is 0 Å². The van der Waals surface area contributed by atoms with Gasteiger partial charge < -0.3 is 5.32 Å². The van der Waals surface area contributed by atoms with Gasteiger partial charge in [-0.05, 0) is 61.1 Å². The summed E-state index contributed by atoms with van der Waals surface area (Å²) in [5.41, 5.74) is 1.12. The Morgan fingerprint density at radius 1 is 1.21 bits per heavy atom. The molecule has 0 amide bonds. The second-order valence-electron chi connectivity index (χ2n) is 6.29. The molecule has 1 N–H and O–H groups in total. The van der Waals surface area contributed by atoms with Gasteiger partial charge in [0.15, 0.2) is 5.13 Å². The van der Waals surface area contributed by atoms with Crippen LogP contribution in [0.15, 0.2) is 22.7 Å². The fourth-order valence-corrected chi connectivity index (χ4v) is 6.09. The lowest BCUT2D eigenvalue weighted by Crippen LogP contribution is -2.12. The highest BCUT2D eigenvalue weighted by Crippen LogP contribution is 2.66. The van der Waals surface area contributed by atoms with E-state index in [0.29, 0.717) is 0 Å². The van der Waals surface area contributed by atoms with Crippen molar-refractivity contribution in [2.45, 2.75) is 25.3 Å². The van der Waals surface area contributed by atoms with Crippen molar-refractivity contribution in [3.8, 4) is 0 Å². The van der Waals surface area contributed by atoms with E-state index in [4.69, 9.17) is 4.98 Å². The molecule has 0 saturated heterocycles. The van der Waals surface area contributed by atoms with Crippen molar-refractivity contribution in [3.05, 3.63) is 22.7 Å². The normalized spacial score (nSPS) is 38.7. The predicted octanol–water partition coefficient (Wildman–Crippen LogP) is 4.52. The third kappa shape index (κ3) is 1.56. The third-order valence-corrected chi connectivity index (χ3v) is 6.82. The number of nitrogens with zero attached hydrogens (tertiary/aromatic N) is 1. The summed E-state index contributed by atoms with van der Waals surface area (Å²) in [6.45, 7) is 0. The summed E-state index contributed by atoms with van der Waals surface area (Å²) in [5.74, 6) is 3.99. The minimum Gasteiger partial charge on any atom is -0.358 e. The molecule has 19 heavy (non-hydrogen) atoms. The molecule has 1 heterocycles. The summed E-state index contributed by atoms with van der Waals surface area (Å²) < 4.78 is 2.40. The summed E-state index contributed by atoms with van der Waals surface area (Å²) in [7, 11) is 0. The zero-order valence-corrected chi connectivity index (χ0v) is 12.9. The van der Waals surface area contributed by atoms with Crippen LogP contribution in [0.2, 0.25) is 0 Å². The number of fused-ring (bicyclic) bond motifs is 6. The van der Waals surface area contributed by atoms with Crippen molar-refractivity contribution in [1.29, 1.82) is 0 Å². The van der Waals surface area contributed by atoms with Crippen LogP contribution in [0.5, 0.6) is 0 Å². The first-order valence-corrected chi connectivity index (χ1v) is 8.73. The minimum atomic E-state index is 0.732. The quantitative estimate of drug-likeness (QED) is 0.873. The van der Waals surface area contributed by atoms with Gasteiger partial charge in [-0.2, -0.15) is 0 Å². The molecule has 1 aromatic heterocycles. The molecule has 1 aromatic carbocycles. The molecule has 4 unspecified atom stereocenters. The molecule has 2 aromatic rings. The lowest BCUT2D eigenvalue weighted by molar-refractivity contribution is 0.456. The predicted molar refractivity (Wildman–Crippen MR) is 82.5 cm³/mol. The largest absolute Gasteiger partial charge is 0.358 e. The number of thiazole rings is 1. The van der Waals surface area contributed by atoms with E-state index in [1.54, 1.807) is 11.3 Å². The van der Waals surface area contributed by atoms with E-state index in [2.05, 4.69) is 39.4 Å². The lowest BCUT2D eigenvalue weighted by atomic mass is 10.0. The van der Waals surface area contributed by atoms with Crippen molar-refractivity contribution in [2.24, 2.45) is 23.7 Å². The van der Waals surface area contributed by atoms with Crippen LogP contribution in [0, 0.1) is 23.7 Å². The number of benzene rings is 1. The molecule has 5 rings (SSSR count). The van der Waals surface area contributed by atoms with Crippen LogP contribution in [-0.2, 0) is 0 Å². The molecule has 3 aliphatic carbocycles. The Morgan fingerprint density at radius 3 is 2.79 bits per heavy atom. The van der Waals surface area contributed by atoms with E-state index in [1.807, 2.05) is 0 Å². The highest BCUT2D eigenvalue weighted by atomic mass is 79.9. The lowest BCUT2D eigenvalue weighted by Gasteiger charge is -2.08. The van der Waals surface area contributed by atoms with Gasteiger partial charge in [0.1, 0.15) is 0 Å². The topological polar surface area (TPSA) is 24.9 Å². The van der Waals surface area contributed by atoms with Crippen molar-refractivity contribution in [2.75, 3.05) is 5.32 Å². The Morgan fingerprint density at radius 2 is 2.00 bits per heavy atom. The van der Waals surface area contributed by atoms with Crippen LogP contribution in [-0.4, -0.2) is 11.0 Å². The first-order valence-electron chi connectivity index (χ1n) is 7.12. The third-order valence-electron chi connectivity index (χ3n) is 5.38. The molecule has 4 atom stereocenters. The molecule has 2 bridgehead atoms. The number of nitrogens with one attached hydrogen (secondary N) is 1. The van der Waals surface area contributed by atoms with Crippen LogP contribution in [0.1, 0.15) is 19.3 Å². The van der Waals surface area contributed by atoms with Gasteiger partial charge in [0, 0.05) is 10.5 Å². The van der Waals surface area contributed by atoms with Crippen molar-refractivity contribution < 1.29 is 0 Å². The van der Waals surface area contributed by atoms with Crippen LogP contribution < -0.4 is 5.32 Å². The van der Waals surface area contributed by atoms with Gasteiger partial charge in [-0.15, -0.1) is 0 Å². The number of aromatic nitrogens is 1. The molecule has 2 nitrogen and oxygen atoms in total. The highest BCUT2D eigenvalue weighted by Gasteiger charge is 2.65. The van der Waals surface area contributed by atoms with Gasteiger partial charge in [0.25, 0.3) is 0 Å². The van der Waals surface area contributed by atoms with Crippen LogP contribution >= 0.6 is 27.3 Å². The molecule has 98 valence electrons. The number of halogens is 1. The first-order chi connectivity index (χ1) is 9.29. The molecule has 0 aliphatic heterocycles. The van der Waals surface area contributed by atoms with Crippen LogP contribution in [0.3, 0.4) is 0 Å². The molecular weight excluding hydrogens is 320 g/mol. The maximum absolute atomic E-state index is 4.72. The van der Waals surface area contributed by atoms with Gasteiger partial charge in [0.05, 0.1) is 10.2 Å². The zero-order valence-electron chi connectivity index (χ0n) is 10.5. The number of hydrogen-bond donors (Lipinski definition) is 1. The van der Waals surface area contributed by atoms with Gasteiger partial charge in [-0.1, -0.05) is 27.3 Å². The standard InChI is InChI=1S/C15H15BrN2S/c16-9-3-4-10-11(6-9)19-15(17-10)18-14-12-7-1-2-8(5-7)13(12)14/h3-4,6-8,12-14H,1-2,5H2,(H,17,18). The molecule has 3 fully saturated rings. The van der Waals surface area contributed by atoms with Gasteiger partial charge in [0.2, 0.25) is 0 Å². The fraction of sp³-hybridized carbons (Fsp3) is 0.533. The SMILES string of the molecule is Brc1ccc2nc(NC3C4C5CCC(C5)C34)sc2c1.